The summed E-state index contributed by atoms with van der Waals surface area (Å²) >= 11 is 15.2. The quantitative estimate of drug-likeness (QED) is 0.188. The summed E-state index contributed by atoms with van der Waals surface area (Å²) in [6.45, 7) is 3.38. The number of piperidine rings is 1. The summed E-state index contributed by atoms with van der Waals surface area (Å²) in [7, 11) is 0. The average molecular weight is 588 g/mol. The number of aromatic amines is 1. The van der Waals surface area contributed by atoms with Gasteiger partial charge in [0.05, 0.1) is 40.1 Å². The van der Waals surface area contributed by atoms with Crippen LogP contribution in [0.1, 0.15) is 24.1 Å². The first-order valence-corrected chi connectivity index (χ1v) is 15.0. The second-order valence-corrected chi connectivity index (χ2v) is 12.1. The highest BCUT2D eigenvalue weighted by Crippen LogP contribution is 2.30. The molecule has 38 heavy (non-hydrogen) atoms. The highest BCUT2D eigenvalue weighted by atomic mass is 35.5. The summed E-state index contributed by atoms with van der Waals surface area (Å²) in [6, 6.07) is 14.2. The normalized spacial score (nSPS) is 14.5. The van der Waals surface area contributed by atoms with Crippen LogP contribution < -0.4 is 10.6 Å². The molecule has 1 aliphatic rings. The molecular formula is C27H28Cl2N6OS2. The minimum absolute atomic E-state index is 0.0553. The molecule has 0 saturated carbocycles. The summed E-state index contributed by atoms with van der Waals surface area (Å²) in [5, 5.41) is 9.79. The molecule has 0 spiro atoms. The second-order valence-electron chi connectivity index (χ2n) is 9.16. The number of likely N-dealkylation sites (tertiary alicyclic amines) is 1. The van der Waals surface area contributed by atoms with Crippen LogP contribution >= 0.6 is 46.3 Å². The zero-order valence-corrected chi connectivity index (χ0v) is 23.8. The standard InChI is InChI=1S/C27H28Cl2N6OS2/c28-23-5-4-18(10-24(23)29)14-35-8-6-20(7-9-35)33-26(36)16-38-27-34-25(15-37-27)19-2-1-3-21(11-19)31-13-22-12-30-17-32-22/h1-5,10-12,15,17,20,31H,6-9,13-14,16H2,(H,30,32)(H,33,36). The fourth-order valence-electron chi connectivity index (χ4n) is 4.35. The number of imidazole rings is 1. The van der Waals surface area contributed by atoms with Gasteiger partial charge < -0.3 is 15.6 Å². The van der Waals surface area contributed by atoms with Gasteiger partial charge in [-0.25, -0.2) is 9.97 Å². The number of thiazole rings is 1. The minimum atomic E-state index is 0.0553. The number of benzene rings is 2. The molecule has 1 fully saturated rings. The first-order chi connectivity index (χ1) is 18.5. The summed E-state index contributed by atoms with van der Waals surface area (Å²) < 4.78 is 0.891. The van der Waals surface area contributed by atoms with Crippen molar-refractivity contribution in [3.8, 4) is 11.3 Å². The molecule has 2 aromatic heterocycles. The summed E-state index contributed by atoms with van der Waals surface area (Å²) in [4.78, 5) is 26.9. The molecule has 11 heteroatoms. The highest BCUT2D eigenvalue weighted by molar-refractivity contribution is 8.01. The minimum Gasteiger partial charge on any atom is -0.379 e. The van der Waals surface area contributed by atoms with E-state index in [0.29, 0.717) is 22.3 Å². The highest BCUT2D eigenvalue weighted by Gasteiger charge is 2.21. The predicted molar refractivity (Wildman–Crippen MR) is 157 cm³/mol. The van der Waals surface area contributed by atoms with E-state index in [-0.39, 0.29) is 11.9 Å². The third kappa shape index (κ3) is 7.51. The Hall–Kier alpha value is -2.56. The number of anilines is 1. The zero-order valence-electron chi connectivity index (χ0n) is 20.6. The third-order valence-electron chi connectivity index (χ3n) is 6.35. The molecule has 3 heterocycles. The van der Waals surface area contributed by atoms with Crippen molar-refractivity contribution in [1.82, 2.24) is 25.2 Å². The summed E-state index contributed by atoms with van der Waals surface area (Å²) in [5.74, 6) is 0.419. The van der Waals surface area contributed by atoms with E-state index in [0.717, 1.165) is 65.0 Å². The van der Waals surface area contributed by atoms with Gasteiger partial charge in [0.25, 0.3) is 0 Å². The van der Waals surface area contributed by atoms with Gasteiger partial charge >= 0.3 is 0 Å². The maximum Gasteiger partial charge on any atom is 0.230 e. The van der Waals surface area contributed by atoms with Crippen molar-refractivity contribution in [2.45, 2.75) is 36.3 Å². The molecule has 0 atom stereocenters. The number of thioether (sulfide) groups is 1. The number of aromatic nitrogens is 3. The monoisotopic (exact) mass is 586 g/mol. The lowest BCUT2D eigenvalue weighted by Crippen LogP contribution is -2.44. The molecule has 0 radical (unpaired) electrons. The largest absolute Gasteiger partial charge is 0.379 e. The van der Waals surface area contributed by atoms with Gasteiger partial charge in [-0.05, 0) is 42.7 Å². The molecule has 0 bridgehead atoms. The first kappa shape index (κ1) is 27.0. The van der Waals surface area contributed by atoms with Crippen LogP contribution in [0.25, 0.3) is 11.3 Å². The maximum absolute atomic E-state index is 12.6. The fraction of sp³-hybridized carbons (Fsp3) is 0.296. The lowest BCUT2D eigenvalue weighted by atomic mass is 10.0. The lowest BCUT2D eigenvalue weighted by molar-refractivity contribution is -0.119. The van der Waals surface area contributed by atoms with Crippen molar-refractivity contribution in [2.24, 2.45) is 0 Å². The van der Waals surface area contributed by atoms with Crippen molar-refractivity contribution in [3.05, 3.63) is 81.7 Å². The van der Waals surface area contributed by atoms with Crippen LogP contribution in [0.3, 0.4) is 0 Å². The number of carbonyl (C=O) groups excluding carboxylic acids is 1. The topological polar surface area (TPSA) is 85.9 Å². The molecule has 2 aromatic carbocycles. The van der Waals surface area contributed by atoms with Crippen molar-refractivity contribution in [1.29, 1.82) is 0 Å². The molecule has 3 N–H and O–H groups in total. The molecule has 5 rings (SSSR count). The Labute approximate surface area is 240 Å². The Morgan fingerprint density at radius 3 is 2.82 bits per heavy atom. The van der Waals surface area contributed by atoms with Gasteiger partial charge in [0.2, 0.25) is 5.91 Å². The van der Waals surface area contributed by atoms with Gasteiger partial charge in [0.15, 0.2) is 4.34 Å². The lowest BCUT2D eigenvalue weighted by Gasteiger charge is -2.32. The van der Waals surface area contributed by atoms with Crippen molar-refractivity contribution in [2.75, 3.05) is 24.2 Å². The Balaban J connectivity index is 1.05. The Kier molecular flexibility index (Phi) is 9.24. The van der Waals surface area contributed by atoms with Gasteiger partial charge in [-0.1, -0.05) is 53.2 Å². The van der Waals surface area contributed by atoms with E-state index in [2.05, 4.69) is 31.6 Å². The summed E-state index contributed by atoms with van der Waals surface area (Å²) in [6.07, 6.45) is 5.35. The van der Waals surface area contributed by atoms with Gasteiger partial charge in [-0.15, -0.1) is 11.3 Å². The number of nitrogens with one attached hydrogen (secondary N) is 3. The number of amides is 1. The van der Waals surface area contributed by atoms with Gasteiger partial charge in [-0.2, -0.15) is 0 Å². The molecule has 1 saturated heterocycles. The number of hydrogen-bond acceptors (Lipinski definition) is 7. The Morgan fingerprint density at radius 2 is 2.03 bits per heavy atom. The van der Waals surface area contributed by atoms with Crippen molar-refractivity contribution in [3.63, 3.8) is 0 Å². The van der Waals surface area contributed by atoms with Crippen LogP contribution in [0.4, 0.5) is 5.69 Å². The number of hydrogen-bond donors (Lipinski definition) is 3. The maximum atomic E-state index is 12.6. The van der Waals surface area contributed by atoms with Gasteiger partial charge in [-0.3, -0.25) is 9.69 Å². The van der Waals surface area contributed by atoms with Crippen LogP contribution in [0.15, 0.2) is 64.7 Å². The number of nitrogens with zero attached hydrogens (tertiary/aromatic N) is 3. The Bertz CT molecular complexity index is 1360. The molecular weight excluding hydrogens is 559 g/mol. The molecule has 1 aliphatic heterocycles. The predicted octanol–water partition coefficient (Wildman–Crippen LogP) is 6.33. The fourth-order valence-corrected chi connectivity index (χ4v) is 6.32. The number of rotatable bonds is 10. The van der Waals surface area contributed by atoms with Crippen LogP contribution in [-0.4, -0.2) is 50.6 Å². The van der Waals surface area contributed by atoms with Crippen LogP contribution in [-0.2, 0) is 17.9 Å². The smallest absolute Gasteiger partial charge is 0.230 e. The molecule has 4 aromatic rings. The van der Waals surface area contributed by atoms with Gasteiger partial charge in [0.1, 0.15) is 0 Å². The van der Waals surface area contributed by atoms with E-state index in [1.807, 2.05) is 41.8 Å². The number of carbonyl (C=O) groups is 1. The zero-order chi connectivity index (χ0) is 26.3. The Morgan fingerprint density at radius 1 is 1.16 bits per heavy atom. The van der Waals surface area contributed by atoms with Crippen LogP contribution in [0, 0.1) is 0 Å². The molecule has 0 aliphatic carbocycles. The SMILES string of the molecule is O=C(CSc1nc(-c2cccc(NCc3cnc[nH]3)c2)cs1)NC1CCN(Cc2ccc(Cl)c(Cl)c2)CC1. The summed E-state index contributed by atoms with van der Waals surface area (Å²) in [5.41, 5.74) is 5.15. The molecule has 198 valence electrons. The van der Waals surface area contributed by atoms with E-state index < -0.39 is 0 Å². The first-order valence-electron chi connectivity index (χ1n) is 12.4. The van der Waals surface area contributed by atoms with Crippen molar-refractivity contribution >= 4 is 57.9 Å². The number of H-pyrrole nitrogens is 1. The van der Waals surface area contributed by atoms with E-state index in [9.17, 15) is 4.79 Å². The number of halogens is 2. The average Bonchev–Trinajstić information content (AvgIpc) is 3.62. The van der Waals surface area contributed by atoms with E-state index in [1.54, 1.807) is 23.9 Å². The van der Waals surface area contributed by atoms with Crippen LogP contribution in [0.2, 0.25) is 10.0 Å². The third-order valence-corrected chi connectivity index (χ3v) is 9.11. The van der Waals surface area contributed by atoms with E-state index >= 15 is 0 Å². The van der Waals surface area contributed by atoms with Crippen LogP contribution in [0.5, 0.6) is 0 Å². The molecule has 7 nitrogen and oxygen atoms in total. The molecule has 0 unspecified atom stereocenters. The van der Waals surface area contributed by atoms with Crippen molar-refractivity contribution < 1.29 is 4.79 Å². The second kappa shape index (κ2) is 13.0. The molecule has 1 amide bonds. The van der Waals surface area contributed by atoms with E-state index in [1.165, 1.54) is 11.8 Å². The van der Waals surface area contributed by atoms with E-state index in [4.69, 9.17) is 28.2 Å². The van der Waals surface area contributed by atoms with Gasteiger partial charge in [0, 0.05) is 48.5 Å².